The van der Waals surface area contributed by atoms with Gasteiger partial charge in [-0.3, -0.25) is 20.2 Å². The van der Waals surface area contributed by atoms with E-state index in [1.807, 2.05) is 6.07 Å². The summed E-state index contributed by atoms with van der Waals surface area (Å²) in [5.41, 5.74) is 8.23. The number of hydrogen-bond donors (Lipinski definition) is 4. The maximum absolute atomic E-state index is 13.3. The summed E-state index contributed by atoms with van der Waals surface area (Å²) in [5, 5.41) is 18.2. The predicted octanol–water partition coefficient (Wildman–Crippen LogP) is 7.63. The summed E-state index contributed by atoms with van der Waals surface area (Å²) in [4.78, 5) is 31.3. The number of hydrazine groups is 1. The van der Waals surface area contributed by atoms with Crippen LogP contribution in [0.2, 0.25) is 25.1 Å². The van der Waals surface area contributed by atoms with Crippen LogP contribution in [0.15, 0.2) is 65.5 Å². The fourth-order valence-corrected chi connectivity index (χ4v) is 5.60. The van der Waals surface area contributed by atoms with Crippen molar-refractivity contribution in [2.45, 2.75) is 19.5 Å². The van der Waals surface area contributed by atoms with Crippen molar-refractivity contribution in [3.05, 3.63) is 113 Å². The Kier molecular flexibility index (Phi) is 10.7. The maximum Gasteiger partial charge on any atom is 0.259 e. The Hall–Kier alpha value is -4.31. The first kappa shape index (κ1) is 33.1. The second-order valence-electron chi connectivity index (χ2n) is 9.79. The van der Waals surface area contributed by atoms with Gasteiger partial charge in [-0.1, -0.05) is 70.1 Å². The van der Waals surface area contributed by atoms with Crippen molar-refractivity contribution in [2.24, 2.45) is 7.05 Å². The molecule has 0 aliphatic heterocycles. The van der Waals surface area contributed by atoms with Crippen LogP contribution in [0.4, 0.5) is 23.8 Å². The molecule has 4 N–H and O–H groups in total. The SMILES string of the molecule is Cn1c(NNc2nc(NCc3cc(Cl)cc(Cl)c3)nc(NCc3cc(Cl)cc(Cl)c3)n2)nc(-c2ccc(Cl)cc2)c(CC#N)c1=O. The van der Waals surface area contributed by atoms with Crippen LogP contribution in [0.25, 0.3) is 11.3 Å². The minimum Gasteiger partial charge on any atom is -0.350 e. The molecule has 46 heavy (non-hydrogen) atoms. The Morgan fingerprint density at radius 1 is 0.696 bits per heavy atom. The van der Waals surface area contributed by atoms with Crippen molar-refractivity contribution < 1.29 is 0 Å². The van der Waals surface area contributed by atoms with Gasteiger partial charge in [0.05, 0.1) is 23.7 Å². The molecule has 0 fully saturated rings. The summed E-state index contributed by atoms with van der Waals surface area (Å²) in [7, 11) is 1.53. The van der Waals surface area contributed by atoms with E-state index < -0.39 is 5.56 Å². The number of rotatable bonds is 11. The van der Waals surface area contributed by atoms with E-state index in [2.05, 4.69) is 41.4 Å². The van der Waals surface area contributed by atoms with Crippen molar-refractivity contribution in [1.29, 1.82) is 5.26 Å². The Balaban J connectivity index is 1.44. The Labute approximate surface area is 288 Å². The number of nitrogens with zero attached hydrogens (tertiary/aromatic N) is 6. The smallest absolute Gasteiger partial charge is 0.259 e. The molecule has 0 amide bonds. The van der Waals surface area contributed by atoms with Crippen LogP contribution in [-0.2, 0) is 26.6 Å². The zero-order chi connectivity index (χ0) is 32.8. The molecule has 234 valence electrons. The number of anilines is 4. The molecular weight excluding hydrogens is 694 g/mol. The van der Waals surface area contributed by atoms with Crippen molar-refractivity contribution >= 4 is 81.8 Å². The molecule has 2 aromatic heterocycles. The third-order valence-corrected chi connectivity index (χ3v) is 7.55. The lowest BCUT2D eigenvalue weighted by Crippen LogP contribution is -2.28. The molecule has 0 atom stereocenters. The van der Waals surface area contributed by atoms with Gasteiger partial charge in [0.25, 0.3) is 5.56 Å². The molecule has 5 aromatic rings. The summed E-state index contributed by atoms with van der Waals surface area (Å²) in [5.74, 6) is 0.671. The van der Waals surface area contributed by atoms with Crippen molar-refractivity contribution in [1.82, 2.24) is 24.5 Å². The van der Waals surface area contributed by atoms with E-state index in [1.54, 1.807) is 60.7 Å². The van der Waals surface area contributed by atoms with Gasteiger partial charge in [0.15, 0.2) is 0 Å². The third-order valence-electron chi connectivity index (χ3n) is 6.42. The van der Waals surface area contributed by atoms with Crippen LogP contribution in [0.5, 0.6) is 0 Å². The van der Waals surface area contributed by atoms with Gasteiger partial charge >= 0.3 is 0 Å². The maximum atomic E-state index is 13.3. The lowest BCUT2D eigenvalue weighted by molar-refractivity contribution is 0.816. The highest BCUT2D eigenvalue weighted by Gasteiger charge is 2.17. The predicted molar refractivity (Wildman–Crippen MR) is 184 cm³/mol. The van der Waals surface area contributed by atoms with E-state index >= 15 is 0 Å². The van der Waals surface area contributed by atoms with Crippen molar-refractivity contribution in [2.75, 3.05) is 21.5 Å². The van der Waals surface area contributed by atoms with E-state index in [0.717, 1.165) is 11.1 Å². The molecule has 5 rings (SSSR count). The van der Waals surface area contributed by atoms with E-state index in [0.29, 0.717) is 49.5 Å². The van der Waals surface area contributed by atoms with E-state index in [1.165, 1.54) is 11.6 Å². The third kappa shape index (κ3) is 8.48. The summed E-state index contributed by atoms with van der Waals surface area (Å²) < 4.78 is 1.28. The summed E-state index contributed by atoms with van der Waals surface area (Å²) >= 11 is 30.7. The monoisotopic (exact) mass is 714 g/mol. The Morgan fingerprint density at radius 3 is 1.70 bits per heavy atom. The van der Waals surface area contributed by atoms with Gasteiger partial charge in [0.2, 0.25) is 23.8 Å². The molecular formula is C30H23Cl5N10O. The van der Waals surface area contributed by atoms with Gasteiger partial charge in [0.1, 0.15) is 0 Å². The minimum atomic E-state index is -0.397. The van der Waals surface area contributed by atoms with E-state index in [-0.39, 0.29) is 35.8 Å². The minimum absolute atomic E-state index is 0.0941. The largest absolute Gasteiger partial charge is 0.350 e. The van der Waals surface area contributed by atoms with Gasteiger partial charge in [-0.05, 0) is 59.7 Å². The first-order chi connectivity index (χ1) is 22.1. The van der Waals surface area contributed by atoms with Gasteiger partial charge < -0.3 is 10.6 Å². The fraction of sp³-hybridized carbons (Fsp3) is 0.133. The molecule has 2 heterocycles. The zero-order valence-electron chi connectivity index (χ0n) is 23.9. The van der Waals surface area contributed by atoms with Gasteiger partial charge in [-0.2, -0.15) is 20.2 Å². The number of benzene rings is 3. The number of nitriles is 1. The highest BCUT2D eigenvalue weighted by Crippen LogP contribution is 2.25. The van der Waals surface area contributed by atoms with Crippen LogP contribution in [0.3, 0.4) is 0 Å². The van der Waals surface area contributed by atoms with Gasteiger partial charge in [-0.15, -0.1) is 0 Å². The topological polar surface area (TPSA) is 145 Å². The molecule has 0 unspecified atom stereocenters. The molecule has 0 aliphatic carbocycles. The molecule has 3 aromatic carbocycles. The van der Waals surface area contributed by atoms with Gasteiger partial charge in [0, 0.05) is 50.8 Å². The highest BCUT2D eigenvalue weighted by molar-refractivity contribution is 6.35. The van der Waals surface area contributed by atoms with Crippen molar-refractivity contribution in [3.63, 3.8) is 0 Å². The molecule has 11 nitrogen and oxygen atoms in total. The average Bonchev–Trinajstić information content (AvgIpc) is 3.00. The molecule has 16 heteroatoms. The standard InChI is InChI=1S/C30H23Cl5N10O/c1-45-26(46)24(6-7-36)25(18-2-4-19(31)5-3-18)39-30(45)44-43-29-41-27(37-14-16-8-20(32)12-21(33)9-16)40-28(42-29)38-15-17-10-22(34)13-23(35)11-17/h2-5,8-13H,6,14-15H2,1H3,(H,39,44)(H3,37,38,40,41,42,43). The lowest BCUT2D eigenvalue weighted by atomic mass is 10.1. The normalized spacial score (nSPS) is 10.7. The van der Waals surface area contributed by atoms with Crippen LogP contribution < -0.4 is 27.0 Å². The molecule has 0 saturated heterocycles. The van der Waals surface area contributed by atoms with E-state index in [4.69, 9.17) is 58.0 Å². The Bertz CT molecular complexity index is 1880. The van der Waals surface area contributed by atoms with E-state index in [9.17, 15) is 10.1 Å². The van der Waals surface area contributed by atoms with Crippen LogP contribution >= 0.6 is 58.0 Å². The molecule has 0 aliphatic rings. The zero-order valence-corrected chi connectivity index (χ0v) is 27.7. The summed E-state index contributed by atoms with van der Waals surface area (Å²) in [6, 6.07) is 19.2. The number of nitrogens with one attached hydrogen (secondary N) is 4. The van der Waals surface area contributed by atoms with Crippen LogP contribution in [0.1, 0.15) is 16.7 Å². The number of aromatic nitrogens is 5. The molecule has 0 saturated carbocycles. The second-order valence-corrected chi connectivity index (χ2v) is 12.0. The van der Waals surface area contributed by atoms with Crippen molar-refractivity contribution in [3.8, 4) is 17.3 Å². The number of hydrogen-bond acceptors (Lipinski definition) is 10. The first-order valence-electron chi connectivity index (χ1n) is 13.5. The molecule has 0 bridgehead atoms. The first-order valence-corrected chi connectivity index (χ1v) is 15.4. The summed E-state index contributed by atoms with van der Waals surface area (Å²) in [6.07, 6.45) is -0.126. The van der Waals surface area contributed by atoms with Gasteiger partial charge in [-0.25, -0.2) is 4.98 Å². The Morgan fingerprint density at radius 2 is 1.20 bits per heavy atom. The second kappa shape index (κ2) is 14.9. The summed E-state index contributed by atoms with van der Waals surface area (Å²) in [6.45, 7) is 0.614. The molecule has 0 spiro atoms. The number of halogens is 5. The quantitative estimate of drug-likeness (QED) is 0.101. The average molecular weight is 717 g/mol. The fourth-order valence-electron chi connectivity index (χ4n) is 4.34. The van der Waals surface area contributed by atoms with Crippen LogP contribution in [-0.4, -0.2) is 24.5 Å². The van der Waals surface area contributed by atoms with Crippen LogP contribution in [0, 0.1) is 11.3 Å². The molecule has 0 radical (unpaired) electrons. The highest BCUT2D eigenvalue weighted by atomic mass is 35.5. The lowest BCUT2D eigenvalue weighted by Gasteiger charge is -2.16.